The van der Waals surface area contributed by atoms with Crippen molar-refractivity contribution in [2.24, 2.45) is 0 Å². The Morgan fingerprint density at radius 3 is 2.22 bits per heavy atom. The standard InChI is InChI=1S/C19H15F4N3O/c20-14-4-2-1-3-12(14)16(11-24)25-7-9-26(10-8-25)19(27)13-5-6-15(21)18(23)17(13)22/h1-6,16H,7-10H2. The Balaban J connectivity index is 1.72. The van der Waals surface area contributed by atoms with Crippen molar-refractivity contribution in [3.63, 3.8) is 0 Å². The van der Waals surface area contributed by atoms with E-state index in [1.54, 1.807) is 11.0 Å². The molecule has 4 nitrogen and oxygen atoms in total. The van der Waals surface area contributed by atoms with Crippen molar-refractivity contribution in [3.8, 4) is 6.07 Å². The van der Waals surface area contributed by atoms with Gasteiger partial charge >= 0.3 is 0 Å². The first kappa shape index (κ1) is 18.9. The molecule has 0 aromatic heterocycles. The molecule has 0 bridgehead atoms. The molecule has 1 aliphatic rings. The predicted molar refractivity (Wildman–Crippen MR) is 88.5 cm³/mol. The monoisotopic (exact) mass is 377 g/mol. The van der Waals surface area contributed by atoms with Gasteiger partial charge in [0.05, 0.1) is 11.6 Å². The van der Waals surface area contributed by atoms with Gasteiger partial charge in [0.25, 0.3) is 5.91 Å². The van der Waals surface area contributed by atoms with Gasteiger partial charge in [-0.3, -0.25) is 9.69 Å². The molecule has 1 aliphatic heterocycles. The number of carbonyl (C=O) groups is 1. The van der Waals surface area contributed by atoms with Crippen molar-refractivity contribution in [3.05, 3.63) is 70.8 Å². The van der Waals surface area contributed by atoms with E-state index in [0.29, 0.717) is 6.07 Å². The zero-order valence-electron chi connectivity index (χ0n) is 14.1. The number of amides is 1. The van der Waals surface area contributed by atoms with Gasteiger partial charge in [-0.1, -0.05) is 18.2 Å². The van der Waals surface area contributed by atoms with E-state index in [-0.39, 0.29) is 31.7 Å². The summed E-state index contributed by atoms with van der Waals surface area (Å²) in [5, 5.41) is 9.44. The van der Waals surface area contributed by atoms with Crippen molar-refractivity contribution in [2.45, 2.75) is 6.04 Å². The highest BCUT2D eigenvalue weighted by atomic mass is 19.2. The number of rotatable bonds is 3. The minimum absolute atomic E-state index is 0.143. The number of hydrogen-bond donors (Lipinski definition) is 0. The van der Waals surface area contributed by atoms with Gasteiger partial charge in [-0.05, 0) is 18.2 Å². The van der Waals surface area contributed by atoms with Crippen LogP contribution >= 0.6 is 0 Å². The molecule has 1 fully saturated rings. The number of nitriles is 1. The van der Waals surface area contributed by atoms with Gasteiger partial charge in [0.2, 0.25) is 0 Å². The second-order valence-electron chi connectivity index (χ2n) is 6.10. The van der Waals surface area contributed by atoms with Crippen LogP contribution in [0.5, 0.6) is 0 Å². The maximum atomic E-state index is 14.0. The number of carbonyl (C=O) groups excluding carboxylic acids is 1. The van der Waals surface area contributed by atoms with E-state index in [0.717, 1.165) is 6.07 Å². The van der Waals surface area contributed by atoms with Gasteiger partial charge in [0.15, 0.2) is 17.5 Å². The van der Waals surface area contributed by atoms with Gasteiger partial charge in [0.1, 0.15) is 11.9 Å². The molecule has 0 spiro atoms. The first-order chi connectivity index (χ1) is 12.9. The SMILES string of the molecule is N#CC(c1ccccc1F)N1CCN(C(=O)c2ccc(F)c(F)c2F)CC1. The average Bonchev–Trinajstić information content (AvgIpc) is 2.68. The first-order valence-electron chi connectivity index (χ1n) is 8.25. The predicted octanol–water partition coefficient (Wildman–Crippen LogP) is 3.27. The van der Waals surface area contributed by atoms with Crippen LogP contribution in [0.2, 0.25) is 0 Å². The van der Waals surface area contributed by atoms with E-state index in [2.05, 4.69) is 6.07 Å². The summed E-state index contributed by atoms with van der Waals surface area (Å²) in [6.07, 6.45) is 0. The van der Waals surface area contributed by atoms with Crippen molar-refractivity contribution in [1.82, 2.24) is 9.80 Å². The van der Waals surface area contributed by atoms with E-state index >= 15 is 0 Å². The van der Waals surface area contributed by atoms with Crippen LogP contribution in [0.15, 0.2) is 36.4 Å². The molecule has 0 radical (unpaired) electrons. The highest BCUT2D eigenvalue weighted by Gasteiger charge is 2.30. The quantitative estimate of drug-likeness (QED) is 0.609. The normalized spacial score (nSPS) is 16.0. The minimum atomic E-state index is -1.69. The van der Waals surface area contributed by atoms with Crippen molar-refractivity contribution in [2.75, 3.05) is 26.2 Å². The molecule has 0 N–H and O–H groups in total. The number of nitrogens with zero attached hydrogens (tertiary/aromatic N) is 3. The van der Waals surface area contributed by atoms with Crippen LogP contribution < -0.4 is 0 Å². The Labute approximate surface area is 153 Å². The highest BCUT2D eigenvalue weighted by Crippen LogP contribution is 2.25. The summed E-state index contributed by atoms with van der Waals surface area (Å²) in [5.41, 5.74) is -0.306. The largest absolute Gasteiger partial charge is 0.336 e. The summed E-state index contributed by atoms with van der Waals surface area (Å²) in [6, 6.07) is 8.80. The lowest BCUT2D eigenvalue weighted by Crippen LogP contribution is -2.49. The van der Waals surface area contributed by atoms with Gasteiger partial charge in [-0.25, -0.2) is 17.6 Å². The van der Waals surface area contributed by atoms with Gasteiger partial charge < -0.3 is 4.90 Å². The Kier molecular flexibility index (Phi) is 5.42. The zero-order valence-corrected chi connectivity index (χ0v) is 14.1. The molecule has 2 aromatic rings. The fourth-order valence-electron chi connectivity index (χ4n) is 3.09. The molecule has 1 unspecified atom stereocenters. The average molecular weight is 377 g/mol. The fourth-order valence-corrected chi connectivity index (χ4v) is 3.09. The molecule has 0 saturated carbocycles. The molecule has 1 amide bonds. The Morgan fingerprint density at radius 1 is 0.926 bits per heavy atom. The maximum absolute atomic E-state index is 14.0. The smallest absolute Gasteiger partial charge is 0.257 e. The minimum Gasteiger partial charge on any atom is -0.336 e. The third-order valence-corrected chi connectivity index (χ3v) is 4.55. The van der Waals surface area contributed by atoms with Crippen LogP contribution in [-0.2, 0) is 0 Å². The third-order valence-electron chi connectivity index (χ3n) is 4.55. The highest BCUT2D eigenvalue weighted by molar-refractivity contribution is 5.94. The first-order valence-corrected chi connectivity index (χ1v) is 8.25. The second-order valence-corrected chi connectivity index (χ2v) is 6.10. The summed E-state index contributed by atoms with van der Waals surface area (Å²) in [5.74, 6) is -5.83. The van der Waals surface area contributed by atoms with Crippen LogP contribution in [0, 0.1) is 34.6 Å². The molecule has 0 aliphatic carbocycles. The van der Waals surface area contributed by atoms with E-state index in [1.807, 2.05) is 0 Å². The molecule has 27 heavy (non-hydrogen) atoms. The molecule has 2 aromatic carbocycles. The molecule has 1 saturated heterocycles. The van der Waals surface area contributed by atoms with E-state index in [9.17, 15) is 27.6 Å². The van der Waals surface area contributed by atoms with E-state index in [1.165, 1.54) is 23.1 Å². The topological polar surface area (TPSA) is 47.3 Å². The lowest BCUT2D eigenvalue weighted by molar-refractivity contribution is 0.0598. The molecule has 140 valence electrons. The number of piperazine rings is 1. The van der Waals surface area contributed by atoms with E-state index < -0.39 is 40.8 Å². The van der Waals surface area contributed by atoms with Crippen molar-refractivity contribution >= 4 is 5.91 Å². The summed E-state index contributed by atoms with van der Waals surface area (Å²) in [7, 11) is 0. The molecule has 3 rings (SSSR count). The lowest BCUT2D eigenvalue weighted by atomic mass is 10.0. The summed E-state index contributed by atoms with van der Waals surface area (Å²) in [4.78, 5) is 15.4. The Morgan fingerprint density at radius 2 is 1.59 bits per heavy atom. The second kappa shape index (κ2) is 7.76. The molecular formula is C19H15F4N3O. The van der Waals surface area contributed by atoms with Gasteiger partial charge in [-0.2, -0.15) is 5.26 Å². The van der Waals surface area contributed by atoms with Crippen molar-refractivity contribution < 1.29 is 22.4 Å². The van der Waals surface area contributed by atoms with Crippen LogP contribution in [0.3, 0.4) is 0 Å². The molecule has 1 atom stereocenters. The molecule has 1 heterocycles. The summed E-state index contributed by atoms with van der Waals surface area (Å²) >= 11 is 0. The number of hydrogen-bond acceptors (Lipinski definition) is 3. The summed E-state index contributed by atoms with van der Waals surface area (Å²) in [6.45, 7) is 0.793. The number of benzene rings is 2. The van der Waals surface area contributed by atoms with Crippen LogP contribution in [-0.4, -0.2) is 41.9 Å². The van der Waals surface area contributed by atoms with Crippen LogP contribution in [0.4, 0.5) is 17.6 Å². The third kappa shape index (κ3) is 3.64. The van der Waals surface area contributed by atoms with Crippen LogP contribution in [0.25, 0.3) is 0 Å². The fraction of sp³-hybridized carbons (Fsp3) is 0.263. The lowest BCUT2D eigenvalue weighted by Gasteiger charge is -2.37. The Bertz CT molecular complexity index is 904. The van der Waals surface area contributed by atoms with E-state index in [4.69, 9.17) is 0 Å². The summed E-state index contributed by atoms with van der Waals surface area (Å²) < 4.78 is 54.2. The maximum Gasteiger partial charge on any atom is 0.257 e. The van der Waals surface area contributed by atoms with Crippen LogP contribution in [0.1, 0.15) is 22.0 Å². The molecule has 8 heteroatoms. The Hall–Kier alpha value is -2.92. The van der Waals surface area contributed by atoms with Gasteiger partial charge in [0, 0.05) is 31.7 Å². The number of halogens is 4. The van der Waals surface area contributed by atoms with Gasteiger partial charge in [-0.15, -0.1) is 0 Å². The zero-order chi connectivity index (χ0) is 19.6. The molecular weight excluding hydrogens is 362 g/mol. The van der Waals surface area contributed by atoms with Crippen molar-refractivity contribution in [1.29, 1.82) is 5.26 Å².